The van der Waals surface area contributed by atoms with Crippen LogP contribution in [0.2, 0.25) is 0 Å². The summed E-state index contributed by atoms with van der Waals surface area (Å²) >= 11 is -0.639. The lowest BCUT2D eigenvalue weighted by Crippen LogP contribution is -2.17. The second-order valence-corrected chi connectivity index (χ2v) is 5.19. The van der Waals surface area contributed by atoms with Crippen LogP contribution in [0.5, 0.6) is 0 Å². The van der Waals surface area contributed by atoms with Crippen LogP contribution in [0, 0.1) is 6.92 Å². The third-order valence-electron chi connectivity index (χ3n) is 1.25. The van der Waals surface area contributed by atoms with Gasteiger partial charge in [-0.3, -0.25) is 0 Å². The van der Waals surface area contributed by atoms with E-state index in [2.05, 4.69) is 20.8 Å². The average molecular weight is 254 g/mol. The summed E-state index contributed by atoms with van der Waals surface area (Å²) in [5, 5.41) is 0. The van der Waals surface area contributed by atoms with Crippen molar-refractivity contribution in [3.05, 3.63) is 6.92 Å². The first kappa shape index (κ1) is 17.7. The zero-order valence-electron chi connectivity index (χ0n) is 9.10. The van der Waals surface area contributed by atoms with Crippen LogP contribution in [0.15, 0.2) is 0 Å². The quantitative estimate of drug-likeness (QED) is 0.512. The molecule has 0 aliphatic carbocycles. The first-order valence-electron chi connectivity index (χ1n) is 4.91. The van der Waals surface area contributed by atoms with Crippen molar-refractivity contribution < 1.29 is 9.47 Å². The molecule has 83 valence electrons. The van der Waals surface area contributed by atoms with Crippen LogP contribution in [0.1, 0.15) is 33.1 Å². The highest BCUT2D eigenvalue weighted by Crippen LogP contribution is 2.01. The molecule has 14 heavy (non-hydrogen) atoms. The molecular formula is C9H19Cl2MgO2. The summed E-state index contributed by atoms with van der Waals surface area (Å²) in [6.45, 7) is 9.44. The topological polar surface area (TPSA) is 18.5 Å². The molecule has 0 fully saturated rings. The summed E-state index contributed by atoms with van der Waals surface area (Å²) in [4.78, 5) is 0. The summed E-state index contributed by atoms with van der Waals surface area (Å²) in [6.07, 6.45) is 2.67. The fourth-order valence-corrected chi connectivity index (χ4v) is 0.713. The highest BCUT2D eigenvalue weighted by atomic mass is 35.6. The Morgan fingerprint density at radius 3 is 1.71 bits per heavy atom. The van der Waals surface area contributed by atoms with Crippen LogP contribution in [-0.2, 0) is 9.47 Å². The minimum atomic E-state index is -0.639. The minimum absolute atomic E-state index is 0.0881. The smallest absolute Gasteiger partial charge is 0.353 e. The molecule has 0 aliphatic heterocycles. The molecule has 0 spiro atoms. The summed E-state index contributed by atoms with van der Waals surface area (Å²) in [7, 11) is 9.81. The maximum atomic E-state index is 5.36. The van der Waals surface area contributed by atoms with E-state index >= 15 is 0 Å². The van der Waals surface area contributed by atoms with Gasteiger partial charge in [-0.05, 0) is 26.2 Å². The fourth-order valence-electron chi connectivity index (χ4n) is 0.713. The molecule has 0 aromatic rings. The van der Waals surface area contributed by atoms with Gasteiger partial charge in [0.05, 0.1) is 0 Å². The normalized spacial score (nSPS) is 9.29. The predicted molar refractivity (Wildman–Crippen MR) is 63.7 cm³/mol. The Labute approximate surface area is 105 Å². The fraction of sp³-hybridized carbons (Fsp3) is 0.889. The minimum Gasteiger partial charge on any atom is -0.353 e. The molecule has 0 heterocycles. The highest BCUT2D eigenvalue weighted by Gasteiger charge is 2.03. The van der Waals surface area contributed by atoms with Crippen LogP contribution in [0.4, 0.5) is 0 Å². The van der Waals surface area contributed by atoms with E-state index < -0.39 is 18.2 Å². The van der Waals surface area contributed by atoms with Crippen molar-refractivity contribution in [3.63, 3.8) is 0 Å². The van der Waals surface area contributed by atoms with Crippen LogP contribution < -0.4 is 0 Å². The van der Waals surface area contributed by atoms with Crippen LogP contribution in [0.3, 0.4) is 0 Å². The van der Waals surface area contributed by atoms with Gasteiger partial charge in [0.15, 0.2) is 6.29 Å². The van der Waals surface area contributed by atoms with Crippen molar-refractivity contribution in [3.8, 4) is 0 Å². The molecule has 0 unspecified atom stereocenters. The molecule has 0 N–H and O–H groups in total. The van der Waals surface area contributed by atoms with Gasteiger partial charge in [-0.2, -0.15) is 0 Å². The highest BCUT2D eigenvalue weighted by molar-refractivity contribution is 7.22. The molecule has 0 amide bonds. The van der Waals surface area contributed by atoms with E-state index in [-0.39, 0.29) is 6.29 Å². The number of rotatable bonds is 7. The zero-order chi connectivity index (χ0) is 11.2. The maximum absolute atomic E-state index is 5.36. The molecule has 0 atom stereocenters. The van der Waals surface area contributed by atoms with Crippen LogP contribution >= 0.6 is 18.1 Å². The Balaban J connectivity index is 0. The first-order chi connectivity index (χ1) is 6.76. The summed E-state index contributed by atoms with van der Waals surface area (Å²) in [6, 6.07) is 0. The lowest BCUT2D eigenvalue weighted by molar-refractivity contribution is -0.140. The molecule has 0 aromatic heterocycles. The van der Waals surface area contributed by atoms with E-state index in [1.807, 2.05) is 0 Å². The predicted octanol–water partition coefficient (Wildman–Crippen LogP) is 3.39. The zero-order valence-corrected chi connectivity index (χ0v) is 12.0. The Bertz CT molecular complexity index is 88.9. The molecule has 0 aromatic carbocycles. The maximum Gasteiger partial charge on any atom is 0.618 e. The van der Waals surface area contributed by atoms with Crippen LogP contribution in [-0.4, -0.2) is 37.7 Å². The summed E-state index contributed by atoms with van der Waals surface area (Å²) in [5.74, 6) is 0. The third-order valence-corrected chi connectivity index (χ3v) is 1.25. The van der Waals surface area contributed by atoms with Gasteiger partial charge in [0.25, 0.3) is 0 Å². The lowest BCUT2D eigenvalue weighted by atomic mass is 10.4. The Morgan fingerprint density at radius 2 is 1.50 bits per heavy atom. The average Bonchev–Trinajstić information content (AvgIpc) is 2.20. The van der Waals surface area contributed by atoms with Gasteiger partial charge in [-0.15, -0.1) is 0 Å². The number of ether oxygens (including phenoxy) is 2. The SMILES string of the molecule is [CH2]CC(OCCC)OCCC.[Cl][Mg][Cl]. The van der Waals surface area contributed by atoms with Gasteiger partial charge in [-0.25, -0.2) is 0 Å². The van der Waals surface area contributed by atoms with Gasteiger partial charge < -0.3 is 27.6 Å². The molecule has 0 saturated carbocycles. The lowest BCUT2D eigenvalue weighted by Gasteiger charge is -2.15. The van der Waals surface area contributed by atoms with Crippen molar-refractivity contribution in [1.82, 2.24) is 0 Å². The molecule has 0 saturated heterocycles. The van der Waals surface area contributed by atoms with Crippen molar-refractivity contribution in [1.29, 1.82) is 0 Å². The Morgan fingerprint density at radius 1 is 1.14 bits per heavy atom. The van der Waals surface area contributed by atoms with E-state index in [9.17, 15) is 0 Å². The van der Waals surface area contributed by atoms with Crippen molar-refractivity contribution >= 4 is 36.3 Å². The molecule has 0 rings (SSSR count). The summed E-state index contributed by atoms with van der Waals surface area (Å²) < 4.78 is 10.7. The van der Waals surface area contributed by atoms with Gasteiger partial charge >= 0.3 is 18.2 Å². The van der Waals surface area contributed by atoms with Gasteiger partial charge in [0.1, 0.15) is 0 Å². The number of hydrogen-bond acceptors (Lipinski definition) is 2. The molecule has 5 heteroatoms. The van der Waals surface area contributed by atoms with E-state index in [1.165, 1.54) is 0 Å². The second kappa shape index (κ2) is 16.7. The van der Waals surface area contributed by atoms with Gasteiger partial charge in [-0.1, -0.05) is 13.8 Å². The number of hydrogen-bond donors (Lipinski definition) is 0. The Kier molecular flexibility index (Phi) is 21.0. The Hall–Kier alpha value is 1.27. The molecule has 1 radical (unpaired) electrons. The molecular weight excluding hydrogens is 235 g/mol. The molecule has 2 nitrogen and oxygen atoms in total. The largest absolute Gasteiger partial charge is 0.618 e. The molecule has 0 bridgehead atoms. The van der Waals surface area contributed by atoms with E-state index in [1.54, 1.807) is 0 Å². The monoisotopic (exact) mass is 253 g/mol. The molecule has 0 aliphatic rings. The van der Waals surface area contributed by atoms with Crippen molar-refractivity contribution in [2.24, 2.45) is 0 Å². The van der Waals surface area contributed by atoms with E-state index in [4.69, 9.17) is 27.6 Å². The van der Waals surface area contributed by atoms with Gasteiger partial charge in [0, 0.05) is 13.2 Å². The van der Waals surface area contributed by atoms with Crippen molar-refractivity contribution in [2.75, 3.05) is 13.2 Å². The number of halogens is 2. The summed E-state index contributed by atoms with van der Waals surface area (Å²) in [5.41, 5.74) is 0. The standard InChI is InChI=1S/C9H19O2.2ClH.Mg/c1-4-7-10-9(6-3)11-8-5-2;;;/h9H,3-8H2,1-2H3;2*1H;/q;;;+2/p-2. The van der Waals surface area contributed by atoms with E-state index in [0.717, 1.165) is 26.1 Å². The van der Waals surface area contributed by atoms with Gasteiger partial charge in [0.2, 0.25) is 0 Å². The third kappa shape index (κ3) is 15.7. The van der Waals surface area contributed by atoms with E-state index in [0.29, 0.717) is 6.42 Å². The first-order valence-corrected chi connectivity index (χ1v) is 9.18. The second-order valence-electron chi connectivity index (χ2n) is 2.56. The van der Waals surface area contributed by atoms with Crippen LogP contribution in [0.25, 0.3) is 0 Å². The van der Waals surface area contributed by atoms with Crippen molar-refractivity contribution in [2.45, 2.75) is 39.4 Å².